The van der Waals surface area contributed by atoms with Crippen LogP contribution in [0.3, 0.4) is 0 Å². The van der Waals surface area contributed by atoms with Gasteiger partial charge in [0.15, 0.2) is 0 Å². The number of benzene rings is 1. The number of rotatable bonds is 8. The predicted octanol–water partition coefficient (Wildman–Crippen LogP) is 4.42. The van der Waals surface area contributed by atoms with Gasteiger partial charge in [-0.1, -0.05) is 31.5 Å². The van der Waals surface area contributed by atoms with E-state index in [-0.39, 0.29) is 0 Å². The number of nitrogens with zero attached hydrogens (tertiary/aromatic N) is 1. The Balaban J connectivity index is 2.70. The summed E-state index contributed by atoms with van der Waals surface area (Å²) < 4.78 is 0. The molecule has 1 aromatic rings. The summed E-state index contributed by atoms with van der Waals surface area (Å²) in [4.78, 5) is 2.31. The van der Waals surface area contributed by atoms with Crippen LogP contribution >= 0.6 is 23.4 Å². The Morgan fingerprint density at radius 1 is 1.30 bits per heavy atom. The summed E-state index contributed by atoms with van der Waals surface area (Å²) in [6.45, 7) is 7.37. The summed E-state index contributed by atoms with van der Waals surface area (Å²) in [5.74, 6) is 1.19. The van der Waals surface area contributed by atoms with Crippen LogP contribution in [0.5, 0.6) is 0 Å². The van der Waals surface area contributed by atoms with Crippen LogP contribution < -0.4 is 10.2 Å². The van der Waals surface area contributed by atoms with Crippen LogP contribution in [0.1, 0.15) is 32.8 Å². The third-order valence-corrected chi connectivity index (χ3v) is 4.54. The summed E-state index contributed by atoms with van der Waals surface area (Å²) in [6, 6.07) is 7.37. The van der Waals surface area contributed by atoms with Gasteiger partial charge in [0.05, 0.1) is 0 Å². The van der Waals surface area contributed by atoms with Gasteiger partial charge in [0.25, 0.3) is 0 Å². The van der Waals surface area contributed by atoms with Gasteiger partial charge in [-0.3, -0.25) is 0 Å². The highest BCUT2D eigenvalue weighted by molar-refractivity contribution is 7.98. The van der Waals surface area contributed by atoms with Gasteiger partial charge < -0.3 is 10.2 Å². The molecule has 0 amide bonds. The standard InChI is InChI=1S/C16H27ClN2S/c1-12(2)18-11-14-6-7-15(10-16(14)17)19(4)13(3)8-9-20-5/h6-7,10,12-13,18H,8-9,11H2,1-5H3. The first-order chi connectivity index (χ1) is 9.45. The molecule has 0 fully saturated rings. The molecule has 0 spiro atoms. The number of thioether (sulfide) groups is 1. The minimum Gasteiger partial charge on any atom is -0.372 e. The van der Waals surface area contributed by atoms with Gasteiger partial charge in [-0.2, -0.15) is 11.8 Å². The summed E-state index contributed by atoms with van der Waals surface area (Å²) >= 11 is 8.29. The minimum absolute atomic E-state index is 0.472. The maximum Gasteiger partial charge on any atom is 0.0471 e. The molecule has 1 rings (SSSR count). The highest BCUT2D eigenvalue weighted by atomic mass is 35.5. The van der Waals surface area contributed by atoms with Crippen molar-refractivity contribution >= 4 is 29.1 Å². The maximum atomic E-state index is 6.40. The van der Waals surface area contributed by atoms with E-state index in [0.29, 0.717) is 12.1 Å². The normalized spacial score (nSPS) is 12.8. The molecule has 0 bridgehead atoms. The zero-order valence-corrected chi connectivity index (χ0v) is 14.8. The molecule has 0 aliphatic carbocycles. The van der Waals surface area contributed by atoms with Crippen LogP contribution in [0.25, 0.3) is 0 Å². The molecule has 0 aromatic heterocycles. The molecule has 0 radical (unpaired) electrons. The zero-order valence-electron chi connectivity index (χ0n) is 13.2. The Bertz CT molecular complexity index is 409. The number of hydrogen-bond acceptors (Lipinski definition) is 3. The fraction of sp³-hybridized carbons (Fsp3) is 0.625. The molecule has 1 N–H and O–H groups in total. The first-order valence-corrected chi connectivity index (χ1v) is 8.96. The van der Waals surface area contributed by atoms with Crippen molar-refractivity contribution in [3.05, 3.63) is 28.8 Å². The van der Waals surface area contributed by atoms with Crippen molar-refractivity contribution in [3.63, 3.8) is 0 Å². The van der Waals surface area contributed by atoms with Crippen LogP contribution in [-0.2, 0) is 6.54 Å². The largest absolute Gasteiger partial charge is 0.372 e. The van der Waals surface area contributed by atoms with Gasteiger partial charge in [0.1, 0.15) is 0 Å². The fourth-order valence-corrected chi connectivity index (χ4v) is 2.77. The van der Waals surface area contributed by atoms with Crippen LogP contribution in [-0.4, -0.2) is 31.1 Å². The molecule has 4 heteroatoms. The van der Waals surface area contributed by atoms with E-state index in [0.717, 1.165) is 17.1 Å². The molecular formula is C16H27ClN2S. The third-order valence-electron chi connectivity index (χ3n) is 3.55. The lowest BCUT2D eigenvalue weighted by Gasteiger charge is -2.27. The van der Waals surface area contributed by atoms with E-state index in [1.165, 1.54) is 17.9 Å². The van der Waals surface area contributed by atoms with Crippen molar-refractivity contribution in [3.8, 4) is 0 Å². The number of hydrogen-bond donors (Lipinski definition) is 1. The van der Waals surface area contributed by atoms with Crippen molar-refractivity contribution in [1.29, 1.82) is 0 Å². The van der Waals surface area contributed by atoms with Crippen LogP contribution in [0, 0.1) is 0 Å². The first kappa shape index (κ1) is 17.7. The predicted molar refractivity (Wildman–Crippen MR) is 94.3 cm³/mol. The third kappa shape index (κ3) is 5.55. The minimum atomic E-state index is 0.472. The van der Waals surface area contributed by atoms with Crippen molar-refractivity contribution in [1.82, 2.24) is 5.32 Å². The molecule has 0 saturated heterocycles. The summed E-state index contributed by atoms with van der Waals surface area (Å²) in [7, 11) is 2.14. The Labute approximate surface area is 133 Å². The average Bonchev–Trinajstić information content (AvgIpc) is 2.42. The second-order valence-corrected chi connectivity index (χ2v) is 6.95. The molecule has 1 aromatic carbocycles. The lowest BCUT2D eigenvalue weighted by atomic mass is 10.1. The number of nitrogens with one attached hydrogen (secondary N) is 1. The van der Waals surface area contributed by atoms with E-state index < -0.39 is 0 Å². The Morgan fingerprint density at radius 2 is 2.00 bits per heavy atom. The van der Waals surface area contributed by atoms with E-state index >= 15 is 0 Å². The lowest BCUT2D eigenvalue weighted by molar-refractivity contribution is 0.589. The quantitative estimate of drug-likeness (QED) is 0.765. The van der Waals surface area contributed by atoms with Gasteiger partial charge in [0, 0.05) is 36.4 Å². The maximum absolute atomic E-state index is 6.40. The number of halogens is 1. The molecule has 2 nitrogen and oxygen atoms in total. The van der Waals surface area contributed by atoms with Crippen molar-refractivity contribution in [2.24, 2.45) is 0 Å². The van der Waals surface area contributed by atoms with E-state index in [2.05, 4.69) is 62.5 Å². The van der Waals surface area contributed by atoms with Crippen LogP contribution in [0.15, 0.2) is 18.2 Å². The molecule has 114 valence electrons. The summed E-state index contributed by atoms with van der Waals surface area (Å²) in [6.07, 6.45) is 3.34. The van der Waals surface area contributed by atoms with E-state index in [1.807, 2.05) is 11.8 Å². The molecule has 20 heavy (non-hydrogen) atoms. The van der Waals surface area contributed by atoms with Gasteiger partial charge in [-0.25, -0.2) is 0 Å². The van der Waals surface area contributed by atoms with Crippen molar-refractivity contribution in [2.45, 2.75) is 45.8 Å². The zero-order chi connectivity index (χ0) is 15.1. The van der Waals surface area contributed by atoms with Gasteiger partial charge >= 0.3 is 0 Å². The average molecular weight is 315 g/mol. The monoisotopic (exact) mass is 314 g/mol. The Morgan fingerprint density at radius 3 is 2.55 bits per heavy atom. The lowest BCUT2D eigenvalue weighted by Crippen LogP contribution is -2.29. The smallest absolute Gasteiger partial charge is 0.0471 e. The SMILES string of the molecule is CSCCC(C)N(C)c1ccc(CNC(C)C)c(Cl)c1. The highest BCUT2D eigenvalue weighted by Gasteiger charge is 2.11. The topological polar surface area (TPSA) is 15.3 Å². The molecule has 0 heterocycles. The van der Waals surface area contributed by atoms with Crippen LogP contribution in [0.4, 0.5) is 5.69 Å². The molecular weight excluding hydrogens is 288 g/mol. The van der Waals surface area contributed by atoms with E-state index in [9.17, 15) is 0 Å². The highest BCUT2D eigenvalue weighted by Crippen LogP contribution is 2.25. The fourth-order valence-electron chi connectivity index (χ4n) is 1.95. The second-order valence-electron chi connectivity index (χ2n) is 5.55. The molecule has 1 atom stereocenters. The Kier molecular flexibility index (Phi) is 7.78. The summed E-state index contributed by atoms with van der Waals surface area (Å²) in [5.41, 5.74) is 2.35. The Hall–Kier alpha value is -0.380. The molecule has 0 aliphatic heterocycles. The number of anilines is 1. The van der Waals surface area contributed by atoms with Gasteiger partial charge in [-0.05, 0) is 43.0 Å². The van der Waals surface area contributed by atoms with Crippen molar-refractivity contribution in [2.75, 3.05) is 24.0 Å². The molecule has 1 unspecified atom stereocenters. The molecule has 0 saturated carbocycles. The van der Waals surface area contributed by atoms with Gasteiger partial charge in [0.2, 0.25) is 0 Å². The van der Waals surface area contributed by atoms with Crippen LogP contribution in [0.2, 0.25) is 5.02 Å². The second kappa shape index (κ2) is 8.81. The van der Waals surface area contributed by atoms with Crippen molar-refractivity contribution < 1.29 is 0 Å². The van der Waals surface area contributed by atoms with E-state index in [1.54, 1.807) is 0 Å². The first-order valence-electron chi connectivity index (χ1n) is 7.19. The van der Waals surface area contributed by atoms with E-state index in [4.69, 9.17) is 11.6 Å². The summed E-state index contributed by atoms with van der Waals surface area (Å²) in [5, 5.41) is 4.25. The molecule has 0 aliphatic rings. The van der Waals surface area contributed by atoms with Gasteiger partial charge in [-0.15, -0.1) is 0 Å².